The van der Waals surface area contributed by atoms with Crippen LogP contribution in [0.5, 0.6) is 0 Å². The van der Waals surface area contributed by atoms with Crippen molar-refractivity contribution in [1.29, 1.82) is 0 Å². The second-order valence-electron chi connectivity index (χ2n) is 5.01. The zero-order chi connectivity index (χ0) is 15.8. The summed E-state index contributed by atoms with van der Waals surface area (Å²) in [5.74, 6) is -0.0670. The molecule has 0 saturated carbocycles. The van der Waals surface area contributed by atoms with Gasteiger partial charge >= 0.3 is 0 Å². The molecule has 0 radical (unpaired) electrons. The molecule has 0 bridgehead atoms. The molecule has 2 rings (SSSR count). The Balaban J connectivity index is 1.84. The highest BCUT2D eigenvalue weighted by atomic mass is 16.3. The third kappa shape index (κ3) is 5.20. The predicted molar refractivity (Wildman–Crippen MR) is 86.8 cm³/mol. The third-order valence-corrected chi connectivity index (χ3v) is 3.13. The van der Waals surface area contributed by atoms with E-state index in [0.29, 0.717) is 12.1 Å². The lowest BCUT2D eigenvalue weighted by atomic mass is 10.1. The number of amides is 1. The van der Waals surface area contributed by atoms with Gasteiger partial charge in [0.25, 0.3) is 0 Å². The average molecular weight is 300 g/mol. The van der Waals surface area contributed by atoms with Gasteiger partial charge in [-0.25, -0.2) is 0 Å². The van der Waals surface area contributed by atoms with Crippen LogP contribution in [0.2, 0.25) is 0 Å². The van der Waals surface area contributed by atoms with E-state index >= 15 is 0 Å². The minimum atomic E-state index is -0.787. The van der Waals surface area contributed by atoms with Gasteiger partial charge in [-0.05, 0) is 29.8 Å². The van der Waals surface area contributed by atoms with Crippen LogP contribution in [0.25, 0.3) is 0 Å². The van der Waals surface area contributed by atoms with Gasteiger partial charge in [-0.3, -0.25) is 4.79 Å². The quantitative estimate of drug-likeness (QED) is 0.626. The first-order valence-electron chi connectivity index (χ1n) is 7.14. The molecule has 0 aliphatic carbocycles. The van der Waals surface area contributed by atoms with E-state index in [1.54, 1.807) is 12.1 Å². The number of rotatable bonds is 7. The standard InChI is InChI=1S/C17H20N2O3/c20-12-16(21)11-18-14-6-8-15(9-7-14)19-17(22)10-13-4-2-1-3-5-13/h1-9,16,18,20-21H,10-12H2,(H,19,22). The van der Waals surface area contributed by atoms with Crippen LogP contribution in [0.4, 0.5) is 11.4 Å². The van der Waals surface area contributed by atoms with Gasteiger partial charge in [0.1, 0.15) is 0 Å². The van der Waals surface area contributed by atoms with Gasteiger partial charge in [-0.2, -0.15) is 0 Å². The maximum Gasteiger partial charge on any atom is 0.228 e. The Labute approximate surface area is 129 Å². The van der Waals surface area contributed by atoms with E-state index in [-0.39, 0.29) is 19.1 Å². The molecule has 1 unspecified atom stereocenters. The fraction of sp³-hybridized carbons (Fsp3) is 0.235. The number of aliphatic hydroxyl groups excluding tert-OH is 2. The van der Waals surface area contributed by atoms with E-state index in [4.69, 9.17) is 5.11 Å². The van der Waals surface area contributed by atoms with Crippen molar-refractivity contribution in [1.82, 2.24) is 0 Å². The van der Waals surface area contributed by atoms with Crippen LogP contribution < -0.4 is 10.6 Å². The highest BCUT2D eigenvalue weighted by Gasteiger charge is 2.04. The lowest BCUT2D eigenvalue weighted by Crippen LogP contribution is -2.22. The van der Waals surface area contributed by atoms with Crippen LogP contribution >= 0.6 is 0 Å². The number of aliphatic hydroxyl groups is 2. The Bertz CT molecular complexity index is 585. The molecule has 1 atom stereocenters. The van der Waals surface area contributed by atoms with Crippen LogP contribution in [-0.2, 0) is 11.2 Å². The number of benzene rings is 2. The minimum absolute atomic E-state index is 0.0670. The summed E-state index contributed by atoms with van der Waals surface area (Å²) in [4.78, 5) is 11.9. The number of hydrogen-bond donors (Lipinski definition) is 4. The van der Waals surface area contributed by atoms with Crippen molar-refractivity contribution in [2.24, 2.45) is 0 Å². The van der Waals surface area contributed by atoms with E-state index < -0.39 is 6.10 Å². The van der Waals surface area contributed by atoms with Gasteiger partial charge in [-0.15, -0.1) is 0 Å². The van der Waals surface area contributed by atoms with Crippen LogP contribution in [0.1, 0.15) is 5.56 Å². The number of carbonyl (C=O) groups is 1. The molecular formula is C17H20N2O3. The summed E-state index contributed by atoms with van der Waals surface area (Å²) in [6.07, 6.45) is -0.450. The van der Waals surface area contributed by atoms with Gasteiger partial charge < -0.3 is 20.8 Å². The van der Waals surface area contributed by atoms with Crippen molar-refractivity contribution in [3.05, 3.63) is 60.2 Å². The van der Waals surface area contributed by atoms with Crippen molar-refractivity contribution < 1.29 is 15.0 Å². The molecule has 5 nitrogen and oxygen atoms in total. The van der Waals surface area contributed by atoms with Crippen LogP contribution in [0.15, 0.2) is 54.6 Å². The Hall–Kier alpha value is -2.37. The van der Waals surface area contributed by atoms with E-state index in [1.165, 1.54) is 0 Å². The van der Waals surface area contributed by atoms with E-state index in [9.17, 15) is 9.90 Å². The fourth-order valence-corrected chi connectivity index (χ4v) is 1.96. The molecule has 2 aromatic carbocycles. The summed E-state index contributed by atoms with van der Waals surface area (Å²) in [5.41, 5.74) is 2.50. The van der Waals surface area contributed by atoms with Gasteiger partial charge in [-0.1, -0.05) is 30.3 Å². The van der Waals surface area contributed by atoms with Gasteiger partial charge in [0.15, 0.2) is 0 Å². The maximum atomic E-state index is 11.9. The number of hydrogen-bond acceptors (Lipinski definition) is 4. The molecule has 2 aromatic rings. The molecule has 0 aromatic heterocycles. The van der Waals surface area contributed by atoms with Gasteiger partial charge in [0, 0.05) is 17.9 Å². The molecule has 1 amide bonds. The normalized spacial score (nSPS) is 11.7. The zero-order valence-electron chi connectivity index (χ0n) is 12.2. The zero-order valence-corrected chi connectivity index (χ0v) is 12.2. The molecule has 0 fully saturated rings. The summed E-state index contributed by atoms with van der Waals surface area (Å²) in [6.45, 7) is -0.00314. The highest BCUT2D eigenvalue weighted by molar-refractivity contribution is 5.92. The fourth-order valence-electron chi connectivity index (χ4n) is 1.96. The van der Waals surface area contributed by atoms with Gasteiger partial charge in [0.2, 0.25) is 5.91 Å². The lowest BCUT2D eigenvalue weighted by Gasteiger charge is -2.11. The first-order chi connectivity index (χ1) is 10.7. The molecule has 5 heteroatoms. The summed E-state index contributed by atoms with van der Waals surface area (Å²) in [5, 5.41) is 23.8. The van der Waals surface area contributed by atoms with Crippen LogP contribution in [0.3, 0.4) is 0 Å². The molecule has 0 aliphatic heterocycles. The Morgan fingerprint density at radius 2 is 1.64 bits per heavy atom. The Morgan fingerprint density at radius 3 is 2.27 bits per heavy atom. The second-order valence-corrected chi connectivity index (χ2v) is 5.01. The first-order valence-corrected chi connectivity index (χ1v) is 7.14. The smallest absolute Gasteiger partial charge is 0.228 e. The average Bonchev–Trinajstić information content (AvgIpc) is 2.54. The summed E-state index contributed by atoms with van der Waals surface area (Å²) < 4.78 is 0. The summed E-state index contributed by atoms with van der Waals surface area (Å²) in [7, 11) is 0. The monoisotopic (exact) mass is 300 g/mol. The van der Waals surface area contributed by atoms with Crippen LogP contribution in [0, 0.1) is 0 Å². The summed E-state index contributed by atoms with van der Waals surface area (Å²) >= 11 is 0. The SMILES string of the molecule is O=C(Cc1ccccc1)Nc1ccc(NCC(O)CO)cc1. The Morgan fingerprint density at radius 1 is 1.00 bits per heavy atom. The highest BCUT2D eigenvalue weighted by Crippen LogP contribution is 2.14. The topological polar surface area (TPSA) is 81.6 Å². The first kappa shape index (κ1) is 16.0. The molecule has 0 saturated heterocycles. The molecule has 116 valence electrons. The maximum absolute atomic E-state index is 11.9. The molecule has 0 aliphatic rings. The van der Waals surface area contributed by atoms with Crippen molar-refractivity contribution in [2.75, 3.05) is 23.8 Å². The second kappa shape index (κ2) is 8.17. The lowest BCUT2D eigenvalue weighted by molar-refractivity contribution is -0.115. The van der Waals surface area contributed by atoms with Crippen molar-refractivity contribution in [3.63, 3.8) is 0 Å². The van der Waals surface area contributed by atoms with Crippen molar-refractivity contribution in [2.45, 2.75) is 12.5 Å². The van der Waals surface area contributed by atoms with Crippen molar-refractivity contribution in [3.8, 4) is 0 Å². The number of anilines is 2. The molecule has 4 N–H and O–H groups in total. The van der Waals surface area contributed by atoms with Crippen LogP contribution in [-0.4, -0.2) is 35.4 Å². The van der Waals surface area contributed by atoms with E-state index in [2.05, 4.69) is 10.6 Å². The largest absolute Gasteiger partial charge is 0.394 e. The molecule has 0 heterocycles. The Kier molecular flexibility index (Phi) is 5.94. The van der Waals surface area contributed by atoms with Crippen molar-refractivity contribution >= 4 is 17.3 Å². The summed E-state index contributed by atoms with van der Waals surface area (Å²) in [6, 6.07) is 16.8. The van der Waals surface area contributed by atoms with E-state index in [0.717, 1.165) is 11.3 Å². The van der Waals surface area contributed by atoms with E-state index in [1.807, 2.05) is 42.5 Å². The molecule has 0 spiro atoms. The number of carbonyl (C=O) groups excluding carboxylic acids is 1. The molecule has 22 heavy (non-hydrogen) atoms. The predicted octanol–water partition coefficient (Wildman–Crippen LogP) is 1.63. The third-order valence-electron chi connectivity index (χ3n) is 3.13. The van der Waals surface area contributed by atoms with Gasteiger partial charge in [0.05, 0.1) is 19.1 Å². The minimum Gasteiger partial charge on any atom is -0.394 e. The molecular weight excluding hydrogens is 280 g/mol. The number of nitrogens with one attached hydrogen (secondary N) is 2.